The minimum atomic E-state index is 0.0520. The molecule has 0 radical (unpaired) electrons. The number of nitrogens with zero attached hydrogens (tertiary/aromatic N) is 4. The lowest BCUT2D eigenvalue weighted by Crippen LogP contribution is -2.47. The average Bonchev–Trinajstić information content (AvgIpc) is 3.38. The van der Waals surface area contributed by atoms with Gasteiger partial charge in [-0.3, -0.25) is 4.79 Å². The topological polar surface area (TPSA) is 74.5 Å². The van der Waals surface area contributed by atoms with Gasteiger partial charge in [-0.15, -0.1) is 0 Å². The zero-order valence-corrected chi connectivity index (χ0v) is 20.2. The van der Waals surface area contributed by atoms with Crippen LogP contribution in [0.5, 0.6) is 0 Å². The molecule has 3 aliphatic rings. The van der Waals surface area contributed by atoms with Crippen LogP contribution in [-0.4, -0.2) is 48.1 Å². The lowest BCUT2D eigenvalue weighted by molar-refractivity contribution is 0.104. The van der Waals surface area contributed by atoms with Crippen molar-refractivity contribution >= 4 is 33.9 Å². The van der Waals surface area contributed by atoms with Crippen molar-refractivity contribution in [1.82, 2.24) is 10.1 Å². The third kappa shape index (κ3) is 3.45. The molecule has 0 bridgehead atoms. The molecule has 7 nitrogen and oxygen atoms in total. The third-order valence-corrected chi connectivity index (χ3v) is 7.94. The first-order chi connectivity index (χ1) is 17.8. The summed E-state index contributed by atoms with van der Waals surface area (Å²) in [5.41, 5.74) is 4.96. The van der Waals surface area contributed by atoms with Crippen molar-refractivity contribution in [3.05, 3.63) is 65.9 Å². The second-order valence-electron chi connectivity index (χ2n) is 10.1. The van der Waals surface area contributed by atoms with Crippen molar-refractivity contribution in [1.29, 1.82) is 0 Å². The first kappa shape index (κ1) is 21.4. The summed E-state index contributed by atoms with van der Waals surface area (Å²) in [5.74, 6) is 1.77. The lowest BCUT2D eigenvalue weighted by Gasteiger charge is -2.37. The zero-order chi connectivity index (χ0) is 24.1. The highest BCUT2D eigenvalue weighted by atomic mass is 16.5. The van der Waals surface area contributed by atoms with Gasteiger partial charge in [0.15, 0.2) is 11.5 Å². The van der Waals surface area contributed by atoms with Crippen LogP contribution >= 0.6 is 0 Å². The van der Waals surface area contributed by atoms with Gasteiger partial charge in [0.1, 0.15) is 11.3 Å². The van der Waals surface area contributed by atoms with E-state index in [0.717, 1.165) is 72.7 Å². The molecular formula is C29H29N5O2. The summed E-state index contributed by atoms with van der Waals surface area (Å²) in [4.78, 5) is 23.0. The van der Waals surface area contributed by atoms with Crippen LogP contribution < -0.4 is 15.1 Å². The first-order valence-corrected chi connectivity index (χ1v) is 13.1. The van der Waals surface area contributed by atoms with Crippen LogP contribution in [0.2, 0.25) is 0 Å². The predicted octanol–water partition coefficient (Wildman–Crippen LogP) is 5.51. The smallest absolute Gasteiger partial charge is 0.196 e. The van der Waals surface area contributed by atoms with Crippen LogP contribution in [0.3, 0.4) is 0 Å². The Morgan fingerprint density at radius 3 is 2.42 bits per heavy atom. The van der Waals surface area contributed by atoms with Gasteiger partial charge in [-0.1, -0.05) is 54.8 Å². The van der Waals surface area contributed by atoms with E-state index < -0.39 is 0 Å². The summed E-state index contributed by atoms with van der Waals surface area (Å²) in [6, 6.07) is 16.3. The number of piperazine rings is 1. The molecule has 7 rings (SSSR count). The molecule has 0 spiro atoms. The van der Waals surface area contributed by atoms with E-state index in [4.69, 9.17) is 4.52 Å². The Balaban J connectivity index is 1.31. The molecule has 1 saturated carbocycles. The van der Waals surface area contributed by atoms with Gasteiger partial charge in [0.2, 0.25) is 0 Å². The molecule has 4 aromatic rings. The highest BCUT2D eigenvalue weighted by molar-refractivity contribution is 6.28. The number of hydrogen-bond donors (Lipinski definition) is 1. The summed E-state index contributed by atoms with van der Waals surface area (Å²) in [7, 11) is 0. The number of carbonyl (C=O) groups excluding carboxylic acids is 1. The van der Waals surface area contributed by atoms with Crippen LogP contribution in [0.4, 0.5) is 17.2 Å². The van der Waals surface area contributed by atoms with Crippen LogP contribution in [0.1, 0.15) is 48.0 Å². The SMILES string of the molecule is O=C1c2ccccc2-c2onc3c(N4CCN(c5ccccn5)CC4)cc(NC4CCCCC4)c1c23. The maximum atomic E-state index is 13.8. The normalized spacial score (nSPS) is 17.9. The molecule has 0 unspecified atom stereocenters. The summed E-state index contributed by atoms with van der Waals surface area (Å²) < 4.78 is 5.96. The number of fused-ring (bicyclic) bond motifs is 2. The molecule has 2 aromatic carbocycles. The Labute approximate surface area is 210 Å². The first-order valence-electron chi connectivity index (χ1n) is 13.1. The largest absolute Gasteiger partial charge is 0.382 e. The number of benzene rings is 2. The maximum Gasteiger partial charge on any atom is 0.196 e. The molecular weight excluding hydrogens is 450 g/mol. The van der Waals surface area contributed by atoms with Gasteiger partial charge >= 0.3 is 0 Å². The molecule has 1 saturated heterocycles. The van der Waals surface area contributed by atoms with Crippen molar-refractivity contribution in [3.63, 3.8) is 0 Å². The molecule has 182 valence electrons. The van der Waals surface area contributed by atoms with E-state index in [-0.39, 0.29) is 5.78 Å². The number of rotatable bonds is 4. The zero-order valence-electron chi connectivity index (χ0n) is 20.2. The minimum absolute atomic E-state index is 0.0520. The predicted molar refractivity (Wildman–Crippen MR) is 142 cm³/mol. The fourth-order valence-corrected chi connectivity index (χ4v) is 6.08. The molecule has 2 fully saturated rings. The maximum absolute atomic E-state index is 13.8. The number of hydrogen-bond acceptors (Lipinski definition) is 7. The highest BCUT2D eigenvalue weighted by Crippen LogP contribution is 2.46. The quantitative estimate of drug-likeness (QED) is 0.365. The van der Waals surface area contributed by atoms with E-state index >= 15 is 0 Å². The van der Waals surface area contributed by atoms with Crippen molar-refractivity contribution in [2.45, 2.75) is 38.1 Å². The number of ketones is 1. The van der Waals surface area contributed by atoms with Crippen molar-refractivity contribution in [3.8, 4) is 11.3 Å². The van der Waals surface area contributed by atoms with E-state index in [0.29, 0.717) is 22.9 Å². The Morgan fingerprint density at radius 1 is 0.889 bits per heavy atom. The lowest BCUT2D eigenvalue weighted by atomic mass is 9.85. The molecule has 0 atom stereocenters. The fourth-order valence-electron chi connectivity index (χ4n) is 6.08. The third-order valence-electron chi connectivity index (χ3n) is 7.94. The molecule has 1 N–H and O–H groups in total. The van der Waals surface area contributed by atoms with Gasteiger partial charge < -0.3 is 19.6 Å². The van der Waals surface area contributed by atoms with E-state index in [2.05, 4.69) is 37.4 Å². The average molecular weight is 480 g/mol. The van der Waals surface area contributed by atoms with Crippen molar-refractivity contribution in [2.24, 2.45) is 0 Å². The van der Waals surface area contributed by atoms with Gasteiger partial charge in [-0.25, -0.2) is 4.98 Å². The minimum Gasteiger partial charge on any atom is -0.382 e. The summed E-state index contributed by atoms with van der Waals surface area (Å²) >= 11 is 0. The number of nitrogens with one attached hydrogen (secondary N) is 1. The van der Waals surface area contributed by atoms with E-state index in [1.54, 1.807) is 0 Å². The van der Waals surface area contributed by atoms with Crippen molar-refractivity contribution in [2.75, 3.05) is 41.3 Å². The monoisotopic (exact) mass is 479 g/mol. The molecule has 36 heavy (non-hydrogen) atoms. The Hall–Kier alpha value is -3.87. The summed E-state index contributed by atoms with van der Waals surface area (Å²) in [5, 5.41) is 9.17. The van der Waals surface area contributed by atoms with E-state index in [9.17, 15) is 4.79 Å². The number of carbonyl (C=O) groups is 1. The van der Waals surface area contributed by atoms with Crippen LogP contribution in [0.25, 0.3) is 22.2 Å². The fraction of sp³-hybridized carbons (Fsp3) is 0.345. The number of anilines is 3. The number of pyridine rings is 1. The Morgan fingerprint density at radius 2 is 1.64 bits per heavy atom. The second-order valence-corrected chi connectivity index (χ2v) is 10.1. The highest BCUT2D eigenvalue weighted by Gasteiger charge is 2.34. The van der Waals surface area contributed by atoms with Crippen LogP contribution in [0, 0.1) is 0 Å². The van der Waals surface area contributed by atoms with Crippen LogP contribution in [0.15, 0.2) is 59.3 Å². The van der Waals surface area contributed by atoms with E-state index in [1.807, 2.05) is 42.6 Å². The van der Waals surface area contributed by atoms with Crippen molar-refractivity contribution < 1.29 is 9.32 Å². The molecule has 0 amide bonds. The molecule has 2 aliphatic carbocycles. The molecule has 7 heteroatoms. The standard InChI is InChI=1S/C29H29N5O2/c35-28-20-10-4-5-11-21(20)29-26-25(28)22(31-19-8-2-1-3-9-19)18-23(27(26)32-36-29)33-14-16-34(17-15-33)24-12-6-7-13-30-24/h4-7,10-13,18-19,31H,1-3,8-9,14-17H2. The molecule has 2 aromatic heterocycles. The van der Waals surface area contributed by atoms with Gasteiger partial charge in [0.05, 0.1) is 16.6 Å². The summed E-state index contributed by atoms with van der Waals surface area (Å²) in [6.45, 7) is 3.44. The number of aromatic nitrogens is 2. The van der Waals surface area contributed by atoms with E-state index in [1.165, 1.54) is 19.3 Å². The Kier molecular flexibility index (Phi) is 5.15. The van der Waals surface area contributed by atoms with Gasteiger partial charge in [-0.05, 0) is 31.0 Å². The van der Waals surface area contributed by atoms with Gasteiger partial charge in [0, 0.05) is 55.2 Å². The molecule has 3 heterocycles. The van der Waals surface area contributed by atoms with Gasteiger partial charge in [0.25, 0.3) is 0 Å². The summed E-state index contributed by atoms with van der Waals surface area (Å²) in [6.07, 6.45) is 7.86. The van der Waals surface area contributed by atoms with Crippen LogP contribution in [-0.2, 0) is 0 Å². The second kappa shape index (κ2) is 8.66. The Bertz CT molecular complexity index is 1430. The molecule has 1 aliphatic heterocycles. The van der Waals surface area contributed by atoms with Gasteiger partial charge in [-0.2, -0.15) is 0 Å².